The van der Waals surface area contributed by atoms with Crippen molar-refractivity contribution >= 4 is 23.5 Å². The number of imide groups is 1. The van der Waals surface area contributed by atoms with Crippen LogP contribution in [0.4, 0.5) is 4.79 Å². The van der Waals surface area contributed by atoms with Crippen LogP contribution in [-0.2, 0) is 11.3 Å². The maximum atomic E-state index is 11.9. The summed E-state index contributed by atoms with van der Waals surface area (Å²) in [5.41, 5.74) is -0.354. The van der Waals surface area contributed by atoms with Crippen LogP contribution >= 0.6 is 11.6 Å². The molecule has 3 amide bonds. The first-order valence-corrected chi connectivity index (χ1v) is 5.38. The van der Waals surface area contributed by atoms with E-state index in [2.05, 4.69) is 15.3 Å². The lowest BCUT2D eigenvalue weighted by Gasteiger charge is -2.15. The summed E-state index contributed by atoms with van der Waals surface area (Å²) >= 11 is 5.60. The topological polar surface area (TPSA) is 75.2 Å². The van der Waals surface area contributed by atoms with Crippen molar-refractivity contribution in [3.05, 3.63) is 23.2 Å². The van der Waals surface area contributed by atoms with Gasteiger partial charge in [0.15, 0.2) is 0 Å². The molecule has 2 rings (SSSR count). The third kappa shape index (κ3) is 2.21. The van der Waals surface area contributed by atoms with Gasteiger partial charge in [-0.2, -0.15) is 0 Å². The van der Waals surface area contributed by atoms with E-state index < -0.39 is 11.6 Å². The van der Waals surface area contributed by atoms with Crippen molar-refractivity contribution in [2.75, 3.05) is 0 Å². The number of nitrogens with zero attached hydrogens (tertiary/aromatic N) is 3. The summed E-state index contributed by atoms with van der Waals surface area (Å²) < 4.78 is 0. The molecule has 1 N–H and O–H groups in total. The Hall–Kier alpha value is -1.69. The maximum Gasteiger partial charge on any atom is 0.325 e. The molecule has 1 saturated heterocycles. The van der Waals surface area contributed by atoms with Gasteiger partial charge in [0.1, 0.15) is 10.7 Å². The Bertz CT molecular complexity index is 472. The average molecular weight is 255 g/mol. The van der Waals surface area contributed by atoms with E-state index in [0.717, 1.165) is 4.90 Å². The summed E-state index contributed by atoms with van der Waals surface area (Å²) in [6.45, 7) is 3.40. The Balaban J connectivity index is 2.17. The Morgan fingerprint density at radius 2 is 2.06 bits per heavy atom. The zero-order valence-electron chi connectivity index (χ0n) is 9.40. The van der Waals surface area contributed by atoms with Crippen LogP contribution < -0.4 is 5.32 Å². The van der Waals surface area contributed by atoms with Crippen LogP contribution in [0.3, 0.4) is 0 Å². The van der Waals surface area contributed by atoms with Crippen LogP contribution in [0, 0.1) is 0 Å². The Morgan fingerprint density at radius 3 is 2.53 bits per heavy atom. The first-order chi connectivity index (χ1) is 7.90. The summed E-state index contributed by atoms with van der Waals surface area (Å²) in [5.74, 6) is -0.278. The Morgan fingerprint density at radius 1 is 1.35 bits per heavy atom. The van der Waals surface area contributed by atoms with E-state index in [-0.39, 0.29) is 17.6 Å². The lowest BCUT2D eigenvalue weighted by Crippen LogP contribution is -2.40. The fraction of sp³-hybridized carbons (Fsp3) is 0.400. The van der Waals surface area contributed by atoms with Gasteiger partial charge in [-0.3, -0.25) is 14.7 Å². The molecule has 0 radical (unpaired) electrons. The average Bonchev–Trinajstić information content (AvgIpc) is 2.44. The van der Waals surface area contributed by atoms with Crippen molar-refractivity contribution in [3.8, 4) is 0 Å². The van der Waals surface area contributed by atoms with Gasteiger partial charge in [0.25, 0.3) is 5.91 Å². The van der Waals surface area contributed by atoms with Crippen LogP contribution in [0.5, 0.6) is 0 Å². The van der Waals surface area contributed by atoms with Gasteiger partial charge in [0.2, 0.25) is 0 Å². The van der Waals surface area contributed by atoms with Gasteiger partial charge in [0, 0.05) is 0 Å². The van der Waals surface area contributed by atoms with E-state index in [0.29, 0.717) is 5.69 Å². The minimum atomic E-state index is -0.864. The normalized spacial score (nSPS) is 18.4. The molecule has 0 unspecified atom stereocenters. The number of carbonyl (C=O) groups excluding carboxylic acids is 2. The van der Waals surface area contributed by atoms with Crippen LogP contribution in [0.1, 0.15) is 19.5 Å². The highest BCUT2D eigenvalue weighted by atomic mass is 35.5. The van der Waals surface area contributed by atoms with Crippen molar-refractivity contribution < 1.29 is 9.59 Å². The van der Waals surface area contributed by atoms with Crippen LogP contribution in [0.15, 0.2) is 12.4 Å². The van der Waals surface area contributed by atoms with Crippen LogP contribution in [0.25, 0.3) is 0 Å². The molecule has 0 aliphatic carbocycles. The number of nitrogens with one attached hydrogen (secondary N) is 1. The molecular formula is C10H11ClN4O2. The monoisotopic (exact) mass is 254 g/mol. The summed E-state index contributed by atoms with van der Waals surface area (Å²) in [5, 5.41) is 2.86. The van der Waals surface area contributed by atoms with Gasteiger partial charge >= 0.3 is 6.03 Å². The summed E-state index contributed by atoms with van der Waals surface area (Å²) in [6.07, 6.45) is 2.81. The number of amides is 3. The molecule has 1 aromatic rings. The lowest BCUT2D eigenvalue weighted by atomic mass is 10.1. The van der Waals surface area contributed by atoms with Gasteiger partial charge in [-0.25, -0.2) is 9.78 Å². The molecule has 0 bridgehead atoms. The molecule has 1 aromatic heterocycles. The number of aromatic nitrogens is 2. The third-order valence-corrected chi connectivity index (χ3v) is 2.63. The molecule has 7 heteroatoms. The van der Waals surface area contributed by atoms with Crippen molar-refractivity contribution in [2.45, 2.75) is 25.9 Å². The Kier molecular flexibility index (Phi) is 2.74. The number of hydrogen-bond donors (Lipinski definition) is 1. The van der Waals surface area contributed by atoms with E-state index >= 15 is 0 Å². The van der Waals surface area contributed by atoms with Gasteiger partial charge in [-0.05, 0) is 13.8 Å². The largest absolute Gasteiger partial charge is 0.325 e. The standard InChI is InChI=1S/C10H11ClN4O2/c1-10(2)8(16)15(9(17)14-10)5-6-3-13-7(11)4-12-6/h3-4H,5H2,1-2H3,(H,14,17). The van der Waals surface area contributed by atoms with Crippen molar-refractivity contribution in [2.24, 2.45) is 0 Å². The van der Waals surface area contributed by atoms with Crippen molar-refractivity contribution in [1.29, 1.82) is 0 Å². The predicted octanol–water partition coefficient (Wildman–Crippen LogP) is 0.960. The molecule has 0 spiro atoms. The highest BCUT2D eigenvalue weighted by Gasteiger charge is 2.44. The number of rotatable bonds is 2. The van der Waals surface area contributed by atoms with Gasteiger partial charge in [-0.1, -0.05) is 11.6 Å². The van der Waals surface area contributed by atoms with Gasteiger partial charge in [-0.15, -0.1) is 0 Å². The number of halogens is 1. The smallest absolute Gasteiger partial charge is 0.324 e. The summed E-state index contributed by atoms with van der Waals surface area (Å²) in [6, 6.07) is -0.420. The second kappa shape index (κ2) is 3.96. The minimum absolute atomic E-state index is 0.0955. The highest BCUT2D eigenvalue weighted by Crippen LogP contribution is 2.18. The van der Waals surface area contributed by atoms with Gasteiger partial charge in [0.05, 0.1) is 24.6 Å². The van der Waals surface area contributed by atoms with Gasteiger partial charge < -0.3 is 5.32 Å². The van der Waals surface area contributed by atoms with E-state index in [1.165, 1.54) is 12.4 Å². The molecule has 6 nitrogen and oxygen atoms in total. The molecule has 0 saturated carbocycles. The fourth-order valence-corrected chi connectivity index (χ4v) is 1.64. The maximum absolute atomic E-state index is 11.9. The van der Waals surface area contributed by atoms with E-state index in [4.69, 9.17) is 11.6 Å². The second-order valence-corrected chi connectivity index (χ2v) is 4.66. The molecule has 2 heterocycles. The molecular weight excluding hydrogens is 244 g/mol. The van der Waals surface area contributed by atoms with Crippen LogP contribution in [0.2, 0.25) is 5.15 Å². The molecule has 1 aliphatic heterocycles. The minimum Gasteiger partial charge on any atom is -0.324 e. The highest BCUT2D eigenvalue weighted by molar-refractivity contribution is 6.29. The second-order valence-electron chi connectivity index (χ2n) is 4.28. The summed E-state index contributed by atoms with van der Waals surface area (Å²) in [7, 11) is 0. The number of hydrogen-bond acceptors (Lipinski definition) is 4. The number of urea groups is 1. The number of carbonyl (C=O) groups is 2. The molecule has 0 aromatic carbocycles. The summed E-state index contributed by atoms with van der Waals surface area (Å²) in [4.78, 5) is 32.4. The van der Waals surface area contributed by atoms with Crippen LogP contribution in [-0.4, -0.2) is 32.3 Å². The Labute approximate surface area is 103 Å². The quantitative estimate of drug-likeness (QED) is 0.798. The fourth-order valence-electron chi connectivity index (χ4n) is 1.54. The van der Waals surface area contributed by atoms with E-state index in [1.54, 1.807) is 13.8 Å². The molecule has 1 aliphatic rings. The zero-order chi connectivity index (χ0) is 12.6. The van der Waals surface area contributed by atoms with Crippen molar-refractivity contribution in [1.82, 2.24) is 20.2 Å². The SMILES string of the molecule is CC1(C)NC(=O)N(Cc2cnc(Cl)cn2)C1=O. The van der Waals surface area contributed by atoms with E-state index in [1.807, 2.05) is 0 Å². The first-order valence-electron chi connectivity index (χ1n) is 5.01. The third-order valence-electron chi connectivity index (χ3n) is 2.44. The lowest BCUT2D eigenvalue weighted by molar-refractivity contribution is -0.130. The first kappa shape index (κ1) is 11.8. The molecule has 17 heavy (non-hydrogen) atoms. The zero-order valence-corrected chi connectivity index (χ0v) is 10.2. The molecule has 90 valence electrons. The molecule has 0 atom stereocenters. The van der Waals surface area contributed by atoms with Crippen molar-refractivity contribution in [3.63, 3.8) is 0 Å². The molecule has 1 fully saturated rings. The predicted molar refractivity (Wildman–Crippen MR) is 60.2 cm³/mol. The van der Waals surface area contributed by atoms with E-state index in [9.17, 15) is 9.59 Å².